The van der Waals surface area contributed by atoms with Crippen molar-refractivity contribution in [1.82, 2.24) is 10.6 Å². The number of allylic oxidation sites excluding steroid dienone is 4. The topological polar surface area (TPSA) is 67.4 Å². The summed E-state index contributed by atoms with van der Waals surface area (Å²) >= 11 is 0. The van der Waals surface area contributed by atoms with Crippen LogP contribution in [0.15, 0.2) is 48.3 Å². The first-order chi connectivity index (χ1) is 12.9. The number of ether oxygens (including phenoxy) is 1. The fourth-order valence-corrected chi connectivity index (χ4v) is 3.05. The Hall–Kier alpha value is -2.89. The summed E-state index contributed by atoms with van der Waals surface area (Å²) in [6, 6.07) is 3.45. The Kier molecular flexibility index (Phi) is 5.44. The number of nitrogens with one attached hydrogen (secondary N) is 2. The van der Waals surface area contributed by atoms with Gasteiger partial charge in [-0.25, -0.2) is 4.39 Å². The molecule has 1 atom stereocenters. The standard InChI is InChI=1S/C21H23FN2O3/c1-4-5-14(22)8-12(2)18-11-27-19-16(18)9-13(10-17(19)21(26)23-3)20(25)24-15-6-7-15/h4-5,8-10,15,18H,2,6-7,11H2,1,3H3,(H,23,26)(H,24,25)/b5-4-,14-8+/t18-/m1/s1. The molecule has 1 aliphatic heterocycles. The van der Waals surface area contributed by atoms with Crippen LogP contribution < -0.4 is 15.4 Å². The molecule has 0 radical (unpaired) electrons. The minimum Gasteiger partial charge on any atom is -0.491 e. The zero-order valence-corrected chi connectivity index (χ0v) is 15.5. The summed E-state index contributed by atoms with van der Waals surface area (Å²) in [5.41, 5.74) is 1.88. The van der Waals surface area contributed by atoms with Crippen LogP contribution in [-0.4, -0.2) is 31.5 Å². The van der Waals surface area contributed by atoms with Crippen molar-refractivity contribution in [3.05, 3.63) is 65.0 Å². The first-order valence-electron chi connectivity index (χ1n) is 8.97. The Morgan fingerprint density at radius 1 is 1.30 bits per heavy atom. The molecule has 1 aromatic rings. The van der Waals surface area contributed by atoms with Crippen LogP contribution in [0.2, 0.25) is 0 Å². The van der Waals surface area contributed by atoms with E-state index in [4.69, 9.17) is 4.74 Å². The second-order valence-corrected chi connectivity index (χ2v) is 6.74. The minimum atomic E-state index is -0.412. The third-order valence-corrected chi connectivity index (χ3v) is 4.63. The third kappa shape index (κ3) is 4.10. The molecule has 2 aliphatic rings. The number of carbonyl (C=O) groups is 2. The number of benzene rings is 1. The van der Waals surface area contributed by atoms with Crippen molar-refractivity contribution in [3.8, 4) is 5.75 Å². The van der Waals surface area contributed by atoms with Gasteiger partial charge in [-0.15, -0.1) is 0 Å². The smallest absolute Gasteiger partial charge is 0.254 e. The van der Waals surface area contributed by atoms with Gasteiger partial charge in [-0.2, -0.15) is 0 Å². The van der Waals surface area contributed by atoms with Crippen LogP contribution in [-0.2, 0) is 0 Å². The monoisotopic (exact) mass is 370 g/mol. The van der Waals surface area contributed by atoms with Crippen molar-refractivity contribution in [2.75, 3.05) is 13.7 Å². The molecule has 142 valence electrons. The fourth-order valence-electron chi connectivity index (χ4n) is 3.05. The summed E-state index contributed by atoms with van der Waals surface area (Å²) in [5, 5.41) is 5.49. The van der Waals surface area contributed by atoms with Crippen LogP contribution in [0.25, 0.3) is 0 Å². The van der Waals surface area contributed by atoms with E-state index in [1.165, 1.54) is 25.3 Å². The Morgan fingerprint density at radius 3 is 2.67 bits per heavy atom. The van der Waals surface area contributed by atoms with E-state index in [0.717, 1.165) is 12.8 Å². The molecular formula is C21H23FN2O3. The van der Waals surface area contributed by atoms with E-state index in [-0.39, 0.29) is 30.4 Å². The van der Waals surface area contributed by atoms with Gasteiger partial charge in [0, 0.05) is 30.1 Å². The molecule has 6 heteroatoms. The highest BCUT2D eigenvalue weighted by molar-refractivity contribution is 6.02. The summed E-state index contributed by atoms with van der Waals surface area (Å²) < 4.78 is 19.6. The predicted octanol–water partition coefficient (Wildman–Crippen LogP) is 3.40. The lowest BCUT2D eigenvalue weighted by Crippen LogP contribution is -2.26. The SMILES string of the molecule is C=C(/C=C(F)\C=C/C)[C@H]1COc2c(C(=O)NC)cc(C(=O)NC3CC3)cc21. The average molecular weight is 370 g/mol. The maximum Gasteiger partial charge on any atom is 0.254 e. The quantitative estimate of drug-likeness (QED) is 0.754. The number of carbonyl (C=O) groups excluding carboxylic acids is 2. The molecule has 0 aromatic heterocycles. The zero-order chi connectivity index (χ0) is 19.6. The number of halogens is 1. The summed E-state index contributed by atoms with van der Waals surface area (Å²) in [5.74, 6) is -0.881. The van der Waals surface area contributed by atoms with Gasteiger partial charge in [-0.3, -0.25) is 9.59 Å². The number of rotatable bonds is 6. The highest BCUT2D eigenvalue weighted by atomic mass is 19.1. The summed E-state index contributed by atoms with van der Waals surface area (Å²) in [7, 11) is 1.52. The second kappa shape index (κ2) is 7.78. The summed E-state index contributed by atoms with van der Waals surface area (Å²) in [4.78, 5) is 24.8. The predicted molar refractivity (Wildman–Crippen MR) is 102 cm³/mol. The zero-order valence-electron chi connectivity index (χ0n) is 15.5. The lowest BCUT2D eigenvalue weighted by molar-refractivity contribution is 0.0951. The lowest BCUT2D eigenvalue weighted by atomic mass is 9.90. The molecule has 5 nitrogen and oxygen atoms in total. The van der Waals surface area contributed by atoms with E-state index in [9.17, 15) is 14.0 Å². The van der Waals surface area contributed by atoms with Crippen LogP contribution in [0.5, 0.6) is 5.75 Å². The normalized spacial score (nSPS) is 18.8. The molecule has 2 amide bonds. The van der Waals surface area contributed by atoms with E-state index >= 15 is 0 Å². The molecule has 2 N–H and O–H groups in total. The van der Waals surface area contributed by atoms with Crippen molar-refractivity contribution < 1.29 is 18.7 Å². The highest BCUT2D eigenvalue weighted by Crippen LogP contribution is 2.41. The first kappa shape index (κ1) is 18.9. The average Bonchev–Trinajstić information content (AvgIpc) is 3.35. The Labute approximate surface area is 158 Å². The van der Waals surface area contributed by atoms with Crippen molar-refractivity contribution >= 4 is 11.8 Å². The largest absolute Gasteiger partial charge is 0.491 e. The molecule has 0 saturated heterocycles. The van der Waals surface area contributed by atoms with E-state index in [1.807, 2.05) is 0 Å². The Balaban J connectivity index is 1.99. The van der Waals surface area contributed by atoms with Gasteiger partial charge in [0.25, 0.3) is 11.8 Å². The Morgan fingerprint density at radius 2 is 2.04 bits per heavy atom. The highest BCUT2D eigenvalue weighted by Gasteiger charge is 2.32. The molecule has 1 fully saturated rings. The van der Waals surface area contributed by atoms with Crippen molar-refractivity contribution in [3.63, 3.8) is 0 Å². The van der Waals surface area contributed by atoms with Gasteiger partial charge < -0.3 is 15.4 Å². The third-order valence-electron chi connectivity index (χ3n) is 4.63. The molecule has 1 aliphatic carbocycles. The van der Waals surface area contributed by atoms with Gasteiger partial charge in [0.2, 0.25) is 0 Å². The molecule has 1 heterocycles. The van der Waals surface area contributed by atoms with Crippen LogP contribution >= 0.6 is 0 Å². The van der Waals surface area contributed by atoms with E-state index < -0.39 is 5.83 Å². The second-order valence-electron chi connectivity index (χ2n) is 6.74. The summed E-state index contributed by atoms with van der Waals surface area (Å²) in [6.45, 7) is 5.92. The first-order valence-corrected chi connectivity index (χ1v) is 8.97. The molecule has 0 bridgehead atoms. The van der Waals surface area contributed by atoms with Crippen LogP contribution in [0.4, 0.5) is 4.39 Å². The molecule has 1 aromatic carbocycles. The van der Waals surface area contributed by atoms with E-state index in [1.54, 1.807) is 19.1 Å². The minimum absolute atomic E-state index is 0.203. The van der Waals surface area contributed by atoms with Gasteiger partial charge in [-0.1, -0.05) is 12.7 Å². The van der Waals surface area contributed by atoms with Crippen LogP contribution in [0.1, 0.15) is 52.0 Å². The van der Waals surface area contributed by atoms with Gasteiger partial charge in [0.05, 0.1) is 12.2 Å². The Bertz CT molecular complexity index is 853. The van der Waals surface area contributed by atoms with Gasteiger partial charge in [0.1, 0.15) is 11.6 Å². The van der Waals surface area contributed by atoms with Gasteiger partial charge in [0.15, 0.2) is 0 Å². The number of amides is 2. The molecule has 1 saturated carbocycles. The molecule has 27 heavy (non-hydrogen) atoms. The number of hydrogen-bond acceptors (Lipinski definition) is 3. The molecule has 0 spiro atoms. The number of hydrogen-bond donors (Lipinski definition) is 2. The van der Waals surface area contributed by atoms with Crippen molar-refractivity contribution in [2.45, 2.75) is 31.7 Å². The van der Waals surface area contributed by atoms with Gasteiger partial charge >= 0.3 is 0 Å². The van der Waals surface area contributed by atoms with Gasteiger partial charge in [-0.05, 0) is 49.6 Å². The van der Waals surface area contributed by atoms with Crippen LogP contribution in [0.3, 0.4) is 0 Å². The number of fused-ring (bicyclic) bond motifs is 1. The molecular weight excluding hydrogens is 347 g/mol. The molecule has 3 rings (SSSR count). The summed E-state index contributed by atoms with van der Waals surface area (Å²) in [6.07, 6.45) is 6.23. The molecule has 0 unspecified atom stereocenters. The lowest BCUT2D eigenvalue weighted by Gasteiger charge is -2.13. The van der Waals surface area contributed by atoms with Crippen LogP contribution in [0, 0.1) is 0 Å². The maximum atomic E-state index is 13.8. The van der Waals surface area contributed by atoms with Crippen molar-refractivity contribution in [1.29, 1.82) is 0 Å². The van der Waals surface area contributed by atoms with E-state index in [0.29, 0.717) is 28.0 Å². The van der Waals surface area contributed by atoms with Crippen molar-refractivity contribution in [2.24, 2.45) is 0 Å². The maximum absolute atomic E-state index is 13.8. The van der Waals surface area contributed by atoms with E-state index in [2.05, 4.69) is 17.2 Å². The fraction of sp³-hybridized carbons (Fsp3) is 0.333.